The molecule has 0 saturated carbocycles. The molecule has 1 rings (SSSR count). The predicted octanol–water partition coefficient (Wildman–Crippen LogP) is 3.40. The van der Waals surface area contributed by atoms with Crippen LogP contribution in [0.25, 0.3) is 10.4 Å². The molecular formula is C8H6BrN3O2. The zero-order valence-electron chi connectivity index (χ0n) is 7.23. The highest BCUT2D eigenvalue weighted by Gasteiger charge is 2.12. The van der Waals surface area contributed by atoms with Crippen molar-refractivity contribution < 1.29 is 9.90 Å². The Balaban J connectivity index is 3.52. The summed E-state index contributed by atoms with van der Waals surface area (Å²) in [5.74, 6) is -1.11. The van der Waals surface area contributed by atoms with Crippen molar-refractivity contribution in [2.24, 2.45) is 5.11 Å². The highest BCUT2D eigenvalue weighted by atomic mass is 79.9. The van der Waals surface area contributed by atoms with Crippen LogP contribution >= 0.6 is 15.9 Å². The van der Waals surface area contributed by atoms with Crippen LogP contribution in [0.15, 0.2) is 21.7 Å². The van der Waals surface area contributed by atoms with E-state index < -0.39 is 5.97 Å². The molecule has 0 aliphatic carbocycles. The molecule has 5 nitrogen and oxygen atoms in total. The monoisotopic (exact) mass is 255 g/mol. The highest BCUT2D eigenvalue weighted by molar-refractivity contribution is 9.10. The third-order valence-electron chi connectivity index (χ3n) is 1.74. The number of carboxylic acids is 1. The van der Waals surface area contributed by atoms with Crippen molar-refractivity contribution in [1.82, 2.24) is 0 Å². The lowest BCUT2D eigenvalue weighted by atomic mass is 10.1. The third-order valence-corrected chi connectivity index (χ3v) is 2.60. The van der Waals surface area contributed by atoms with Crippen LogP contribution in [0.4, 0.5) is 5.69 Å². The summed E-state index contributed by atoms with van der Waals surface area (Å²) >= 11 is 3.22. The van der Waals surface area contributed by atoms with Gasteiger partial charge < -0.3 is 5.11 Å². The number of carboxylic acid groups (broad SMARTS) is 1. The first-order valence-corrected chi connectivity index (χ1v) is 4.44. The molecule has 0 unspecified atom stereocenters. The van der Waals surface area contributed by atoms with E-state index in [9.17, 15) is 4.79 Å². The summed E-state index contributed by atoms with van der Waals surface area (Å²) in [7, 11) is 0. The molecule has 0 amide bonds. The molecule has 6 heteroatoms. The number of rotatable bonds is 2. The van der Waals surface area contributed by atoms with Gasteiger partial charge in [0.15, 0.2) is 0 Å². The summed E-state index contributed by atoms with van der Waals surface area (Å²) in [6, 6.07) is 3.00. The van der Waals surface area contributed by atoms with Crippen molar-refractivity contribution >= 4 is 27.6 Å². The van der Waals surface area contributed by atoms with Gasteiger partial charge in [-0.1, -0.05) is 21.0 Å². The second-order valence-corrected chi connectivity index (χ2v) is 3.42. The van der Waals surface area contributed by atoms with Crippen LogP contribution in [-0.4, -0.2) is 11.1 Å². The first-order valence-electron chi connectivity index (χ1n) is 3.65. The van der Waals surface area contributed by atoms with E-state index >= 15 is 0 Å². The van der Waals surface area contributed by atoms with Crippen LogP contribution in [0.3, 0.4) is 0 Å². The first kappa shape index (κ1) is 10.6. The molecular weight excluding hydrogens is 250 g/mol. The van der Waals surface area contributed by atoms with E-state index in [4.69, 9.17) is 10.6 Å². The Morgan fingerprint density at radius 1 is 1.64 bits per heavy atom. The minimum atomic E-state index is -1.11. The summed E-state index contributed by atoms with van der Waals surface area (Å²) in [4.78, 5) is 13.4. The number of aromatic carboxylic acids is 1. The van der Waals surface area contributed by atoms with Crippen LogP contribution in [-0.2, 0) is 0 Å². The Labute approximate surface area is 88.1 Å². The van der Waals surface area contributed by atoms with Crippen molar-refractivity contribution in [3.8, 4) is 0 Å². The standard InChI is InChI=1S/C8H6BrN3O2/c1-4-6(9)3-2-5(8(13)14)7(4)11-12-10/h2-3H,1H3,(H,13,14). The summed E-state index contributed by atoms with van der Waals surface area (Å²) in [6.07, 6.45) is 0. The van der Waals surface area contributed by atoms with Crippen LogP contribution in [0, 0.1) is 6.92 Å². The lowest BCUT2D eigenvalue weighted by molar-refractivity contribution is 0.0697. The maximum atomic E-state index is 10.8. The maximum Gasteiger partial charge on any atom is 0.336 e. The summed E-state index contributed by atoms with van der Waals surface area (Å²) in [5, 5.41) is 12.2. The van der Waals surface area contributed by atoms with E-state index in [0.717, 1.165) is 0 Å². The smallest absolute Gasteiger partial charge is 0.336 e. The summed E-state index contributed by atoms with van der Waals surface area (Å²) < 4.78 is 0.713. The van der Waals surface area contributed by atoms with Gasteiger partial charge in [-0.3, -0.25) is 0 Å². The topological polar surface area (TPSA) is 86.1 Å². The number of carbonyl (C=O) groups is 1. The molecule has 0 atom stereocenters. The van der Waals surface area contributed by atoms with Gasteiger partial charge in [0, 0.05) is 9.38 Å². The van der Waals surface area contributed by atoms with Crippen molar-refractivity contribution in [3.05, 3.63) is 38.2 Å². The fraction of sp³-hybridized carbons (Fsp3) is 0.125. The van der Waals surface area contributed by atoms with Gasteiger partial charge in [-0.2, -0.15) is 0 Å². The van der Waals surface area contributed by atoms with Crippen LogP contribution < -0.4 is 0 Å². The fourth-order valence-corrected chi connectivity index (χ4v) is 1.34. The zero-order valence-corrected chi connectivity index (χ0v) is 8.82. The average molecular weight is 256 g/mol. The Bertz CT molecular complexity index is 438. The molecule has 0 saturated heterocycles. The molecule has 0 spiro atoms. The van der Waals surface area contributed by atoms with Gasteiger partial charge in [-0.05, 0) is 30.2 Å². The van der Waals surface area contributed by atoms with E-state index in [1.807, 2.05) is 0 Å². The third kappa shape index (κ3) is 1.86. The largest absolute Gasteiger partial charge is 0.478 e. The van der Waals surface area contributed by atoms with Crippen molar-refractivity contribution in [3.63, 3.8) is 0 Å². The minimum absolute atomic E-state index is 0.00324. The van der Waals surface area contributed by atoms with Gasteiger partial charge >= 0.3 is 5.97 Å². The van der Waals surface area contributed by atoms with Crippen LogP contribution in [0.1, 0.15) is 15.9 Å². The molecule has 0 aliphatic rings. The van der Waals surface area contributed by atoms with Gasteiger partial charge in [0.25, 0.3) is 0 Å². The Morgan fingerprint density at radius 3 is 2.79 bits per heavy atom. The molecule has 0 fully saturated rings. The minimum Gasteiger partial charge on any atom is -0.478 e. The zero-order chi connectivity index (χ0) is 10.7. The number of benzene rings is 1. The van der Waals surface area contributed by atoms with Gasteiger partial charge in [-0.25, -0.2) is 4.79 Å². The SMILES string of the molecule is Cc1c(Br)ccc(C(=O)O)c1N=[N+]=[N-]. The second-order valence-electron chi connectivity index (χ2n) is 2.56. The molecule has 0 bridgehead atoms. The molecule has 14 heavy (non-hydrogen) atoms. The van der Waals surface area contributed by atoms with E-state index in [2.05, 4.69) is 26.0 Å². The highest BCUT2D eigenvalue weighted by Crippen LogP contribution is 2.30. The van der Waals surface area contributed by atoms with Gasteiger partial charge in [0.1, 0.15) is 0 Å². The van der Waals surface area contributed by atoms with Crippen molar-refractivity contribution in [2.75, 3.05) is 0 Å². The normalized spacial score (nSPS) is 9.29. The summed E-state index contributed by atoms with van der Waals surface area (Å²) in [5.41, 5.74) is 9.06. The molecule has 0 aromatic heterocycles. The van der Waals surface area contributed by atoms with E-state index in [-0.39, 0.29) is 11.3 Å². The average Bonchev–Trinajstić information content (AvgIpc) is 2.13. The second kappa shape index (κ2) is 4.13. The van der Waals surface area contributed by atoms with Crippen molar-refractivity contribution in [2.45, 2.75) is 6.92 Å². The van der Waals surface area contributed by atoms with E-state index in [1.54, 1.807) is 13.0 Å². The van der Waals surface area contributed by atoms with E-state index in [0.29, 0.717) is 10.0 Å². The molecule has 1 aromatic carbocycles. The maximum absolute atomic E-state index is 10.8. The Hall–Kier alpha value is -1.52. The van der Waals surface area contributed by atoms with Gasteiger partial charge in [0.2, 0.25) is 0 Å². The van der Waals surface area contributed by atoms with Crippen molar-refractivity contribution in [1.29, 1.82) is 0 Å². The quantitative estimate of drug-likeness (QED) is 0.499. The number of halogens is 1. The molecule has 0 radical (unpaired) electrons. The fourth-order valence-electron chi connectivity index (χ4n) is 1.02. The number of nitrogens with zero attached hydrogens (tertiary/aromatic N) is 3. The molecule has 0 aliphatic heterocycles. The molecule has 1 N–H and O–H groups in total. The predicted molar refractivity (Wildman–Crippen MR) is 54.6 cm³/mol. The number of hydrogen-bond acceptors (Lipinski definition) is 2. The van der Waals surface area contributed by atoms with Gasteiger partial charge in [-0.15, -0.1) is 0 Å². The van der Waals surface area contributed by atoms with E-state index in [1.165, 1.54) is 6.07 Å². The lowest BCUT2D eigenvalue weighted by Gasteiger charge is -2.05. The number of azide groups is 1. The number of hydrogen-bond donors (Lipinski definition) is 1. The summed E-state index contributed by atoms with van der Waals surface area (Å²) in [6.45, 7) is 1.68. The molecule has 72 valence electrons. The van der Waals surface area contributed by atoms with Crippen LogP contribution in [0.5, 0.6) is 0 Å². The first-order chi connectivity index (χ1) is 6.57. The molecule has 1 aromatic rings. The Kier molecular flexibility index (Phi) is 3.11. The lowest BCUT2D eigenvalue weighted by Crippen LogP contribution is -1.97. The Morgan fingerprint density at radius 2 is 2.29 bits per heavy atom. The van der Waals surface area contributed by atoms with Gasteiger partial charge in [0.05, 0.1) is 11.3 Å². The van der Waals surface area contributed by atoms with Crippen LogP contribution in [0.2, 0.25) is 0 Å². The molecule has 0 heterocycles.